The molecule has 2 aliphatic rings. The largest absolute Gasteiger partial charge is 0.507 e. The van der Waals surface area contributed by atoms with Gasteiger partial charge in [-0.15, -0.1) is 0 Å². The normalized spacial score (nSPS) is 18.0. The third kappa shape index (κ3) is 5.76. The van der Waals surface area contributed by atoms with Crippen LogP contribution in [0.3, 0.4) is 0 Å². The average Bonchev–Trinajstić information content (AvgIpc) is 2.87. The van der Waals surface area contributed by atoms with E-state index in [1.165, 1.54) is 12.8 Å². The second-order valence-corrected chi connectivity index (χ2v) is 10.0. The highest BCUT2D eigenvalue weighted by atomic mass is 19.4. The first-order chi connectivity index (χ1) is 17.4. The van der Waals surface area contributed by atoms with Gasteiger partial charge in [0.15, 0.2) is 0 Å². The van der Waals surface area contributed by atoms with Gasteiger partial charge in [-0.2, -0.15) is 13.2 Å². The zero-order chi connectivity index (χ0) is 25.1. The third-order valence-corrected chi connectivity index (χ3v) is 7.24. The predicted octanol–water partition coefficient (Wildman–Crippen LogP) is 6.67. The van der Waals surface area contributed by atoms with E-state index in [1.807, 2.05) is 12.1 Å². The number of pyridine rings is 1. The van der Waals surface area contributed by atoms with Gasteiger partial charge in [-0.3, -0.25) is 9.80 Å². The summed E-state index contributed by atoms with van der Waals surface area (Å²) in [5.74, 6) is 0.298. The number of aromatic nitrogens is 1. The fraction of sp³-hybridized carbons (Fsp3) is 0.464. The molecule has 2 N–H and O–H groups in total. The molecular formula is C28H33F3N4O. The van der Waals surface area contributed by atoms with Crippen LogP contribution in [0.15, 0.2) is 42.5 Å². The van der Waals surface area contributed by atoms with Crippen molar-refractivity contribution >= 4 is 22.3 Å². The lowest BCUT2D eigenvalue weighted by Gasteiger charge is -2.29. The van der Waals surface area contributed by atoms with Crippen LogP contribution in [0.1, 0.15) is 55.3 Å². The molecule has 3 aromatic rings. The molecule has 8 heteroatoms. The van der Waals surface area contributed by atoms with Crippen molar-refractivity contribution in [3.8, 4) is 5.75 Å². The number of halogens is 3. The van der Waals surface area contributed by atoms with Gasteiger partial charge in [0.1, 0.15) is 11.4 Å². The Morgan fingerprint density at radius 3 is 1.92 bits per heavy atom. The van der Waals surface area contributed by atoms with Crippen LogP contribution >= 0.6 is 0 Å². The van der Waals surface area contributed by atoms with Gasteiger partial charge in [-0.25, -0.2) is 4.98 Å². The lowest BCUT2D eigenvalue weighted by molar-refractivity contribution is -0.140. The molecule has 3 heterocycles. The molecule has 2 fully saturated rings. The SMILES string of the molecule is Oc1c(CN2CCCCC2)cc(Nc2cc(C(F)(F)F)nc3ccccc23)cc1CN1CCCCC1. The highest BCUT2D eigenvalue weighted by molar-refractivity contribution is 5.93. The Balaban J connectivity index is 1.52. The average molecular weight is 499 g/mol. The summed E-state index contributed by atoms with van der Waals surface area (Å²) in [7, 11) is 0. The van der Waals surface area contributed by atoms with Crippen molar-refractivity contribution in [1.29, 1.82) is 0 Å². The number of nitrogens with zero attached hydrogens (tertiary/aromatic N) is 3. The number of likely N-dealkylation sites (tertiary alicyclic amines) is 2. The Kier molecular flexibility index (Phi) is 7.34. The zero-order valence-electron chi connectivity index (χ0n) is 20.4. The molecule has 0 spiro atoms. The number of alkyl halides is 3. The van der Waals surface area contributed by atoms with Gasteiger partial charge in [0.05, 0.1) is 11.2 Å². The Morgan fingerprint density at radius 2 is 1.36 bits per heavy atom. The van der Waals surface area contributed by atoms with Crippen molar-refractivity contribution in [1.82, 2.24) is 14.8 Å². The molecule has 0 unspecified atom stereocenters. The van der Waals surface area contributed by atoms with Gasteiger partial charge >= 0.3 is 6.18 Å². The molecule has 5 rings (SSSR count). The maximum atomic E-state index is 13.6. The van der Waals surface area contributed by atoms with E-state index < -0.39 is 11.9 Å². The number of rotatable bonds is 6. The number of phenolic OH excluding ortho intramolecular Hbond substituents is 1. The van der Waals surface area contributed by atoms with Gasteiger partial charge in [0, 0.05) is 35.3 Å². The number of benzene rings is 2. The van der Waals surface area contributed by atoms with Crippen molar-refractivity contribution < 1.29 is 18.3 Å². The van der Waals surface area contributed by atoms with Crippen molar-refractivity contribution in [2.45, 2.75) is 57.8 Å². The Bertz CT molecular complexity index is 1160. The van der Waals surface area contributed by atoms with Crippen molar-refractivity contribution in [3.63, 3.8) is 0 Å². The number of anilines is 2. The summed E-state index contributed by atoms with van der Waals surface area (Å²) in [5.41, 5.74) is 2.01. The molecule has 0 amide bonds. The first-order valence-corrected chi connectivity index (χ1v) is 12.9. The molecular weight excluding hydrogens is 465 g/mol. The first kappa shape index (κ1) is 24.8. The number of hydrogen-bond donors (Lipinski definition) is 2. The number of fused-ring (bicyclic) bond motifs is 1. The number of aromatic hydroxyl groups is 1. The smallest absolute Gasteiger partial charge is 0.433 e. The van der Waals surface area contributed by atoms with Gasteiger partial charge in [0.2, 0.25) is 0 Å². The predicted molar refractivity (Wildman–Crippen MR) is 136 cm³/mol. The maximum Gasteiger partial charge on any atom is 0.433 e. The van der Waals surface area contributed by atoms with Crippen LogP contribution in [0.4, 0.5) is 24.5 Å². The highest BCUT2D eigenvalue weighted by Gasteiger charge is 2.33. The zero-order valence-corrected chi connectivity index (χ0v) is 20.4. The number of nitrogens with one attached hydrogen (secondary N) is 1. The Labute approximate surface area is 209 Å². The topological polar surface area (TPSA) is 51.6 Å². The highest BCUT2D eigenvalue weighted by Crippen LogP contribution is 2.36. The van der Waals surface area contributed by atoms with Crippen LogP contribution < -0.4 is 5.32 Å². The van der Waals surface area contributed by atoms with E-state index in [9.17, 15) is 18.3 Å². The second-order valence-electron chi connectivity index (χ2n) is 10.0. The minimum absolute atomic E-state index is 0.288. The molecule has 5 nitrogen and oxygen atoms in total. The minimum Gasteiger partial charge on any atom is -0.507 e. The summed E-state index contributed by atoms with van der Waals surface area (Å²) in [6.45, 7) is 5.20. The molecule has 0 bridgehead atoms. The van der Waals surface area contributed by atoms with E-state index in [0.29, 0.717) is 35.6 Å². The van der Waals surface area contributed by atoms with E-state index in [-0.39, 0.29) is 5.52 Å². The summed E-state index contributed by atoms with van der Waals surface area (Å²) in [6.07, 6.45) is 2.46. The number of hydrogen-bond acceptors (Lipinski definition) is 5. The van der Waals surface area contributed by atoms with Gasteiger partial charge < -0.3 is 10.4 Å². The van der Waals surface area contributed by atoms with Gasteiger partial charge in [-0.05, 0) is 76.1 Å². The van der Waals surface area contributed by atoms with E-state index in [2.05, 4.69) is 20.1 Å². The fourth-order valence-electron chi connectivity index (χ4n) is 5.37. The quantitative estimate of drug-likeness (QED) is 0.372. The second kappa shape index (κ2) is 10.6. The van der Waals surface area contributed by atoms with Crippen LogP contribution in [0.25, 0.3) is 10.9 Å². The van der Waals surface area contributed by atoms with E-state index in [4.69, 9.17) is 0 Å². The summed E-state index contributed by atoms with van der Waals surface area (Å²) in [5, 5.41) is 15.1. The fourth-order valence-corrected chi connectivity index (χ4v) is 5.37. The maximum absolute atomic E-state index is 13.6. The number of para-hydroxylation sites is 1. The molecule has 2 saturated heterocycles. The Hall–Kier alpha value is -2.84. The molecule has 0 aliphatic carbocycles. The first-order valence-electron chi connectivity index (χ1n) is 12.9. The molecule has 192 valence electrons. The summed E-state index contributed by atoms with van der Waals surface area (Å²) in [4.78, 5) is 8.52. The third-order valence-electron chi connectivity index (χ3n) is 7.24. The lowest BCUT2D eigenvalue weighted by atomic mass is 10.0. The van der Waals surface area contributed by atoms with Gasteiger partial charge in [-0.1, -0.05) is 31.0 Å². The van der Waals surface area contributed by atoms with Crippen molar-refractivity contribution in [3.05, 3.63) is 59.3 Å². The van der Waals surface area contributed by atoms with Crippen molar-refractivity contribution in [2.75, 3.05) is 31.5 Å². The molecule has 0 radical (unpaired) electrons. The molecule has 1 aromatic heterocycles. The summed E-state index contributed by atoms with van der Waals surface area (Å²) < 4.78 is 40.8. The molecule has 2 aliphatic heterocycles. The van der Waals surface area contributed by atoms with Crippen LogP contribution in [0.5, 0.6) is 5.75 Å². The van der Waals surface area contributed by atoms with E-state index in [0.717, 1.165) is 69.1 Å². The number of phenols is 1. The monoisotopic (exact) mass is 498 g/mol. The lowest BCUT2D eigenvalue weighted by Crippen LogP contribution is -2.30. The van der Waals surface area contributed by atoms with Crippen LogP contribution in [-0.2, 0) is 19.3 Å². The standard InChI is InChI=1S/C28H33F3N4O/c29-28(30,31)26-17-25(23-9-3-4-10-24(23)33-26)32-22-15-20(18-34-11-5-1-6-12-34)27(36)21(16-22)19-35-13-7-2-8-14-35/h3-4,9-10,15-17,36H,1-2,5-8,11-14,18-19H2,(H,32,33). The molecule has 36 heavy (non-hydrogen) atoms. The van der Waals surface area contributed by atoms with E-state index in [1.54, 1.807) is 24.3 Å². The van der Waals surface area contributed by atoms with Gasteiger partial charge in [0.25, 0.3) is 0 Å². The van der Waals surface area contributed by atoms with Crippen LogP contribution in [0.2, 0.25) is 0 Å². The Morgan fingerprint density at radius 1 is 0.806 bits per heavy atom. The minimum atomic E-state index is -4.55. The summed E-state index contributed by atoms with van der Waals surface area (Å²) in [6, 6.07) is 11.7. The molecule has 2 aromatic carbocycles. The summed E-state index contributed by atoms with van der Waals surface area (Å²) >= 11 is 0. The van der Waals surface area contributed by atoms with E-state index >= 15 is 0 Å². The van der Waals surface area contributed by atoms with Crippen molar-refractivity contribution in [2.24, 2.45) is 0 Å². The number of piperidine rings is 2. The van der Waals surface area contributed by atoms with Crippen LogP contribution in [-0.4, -0.2) is 46.1 Å². The molecule has 0 atom stereocenters. The van der Waals surface area contributed by atoms with Crippen LogP contribution in [0, 0.1) is 0 Å². The molecule has 0 saturated carbocycles.